The van der Waals surface area contributed by atoms with Crippen molar-refractivity contribution in [3.63, 3.8) is 0 Å². The molecule has 1 aromatic heterocycles. The fraction of sp³-hybridized carbons (Fsp3) is 0.0909. The first kappa shape index (κ1) is 13.2. The van der Waals surface area contributed by atoms with E-state index in [1.54, 1.807) is 7.05 Å². The summed E-state index contributed by atoms with van der Waals surface area (Å²) in [5.74, 6) is -0.120. The largest absolute Gasteiger partial charge is 0.357 e. The van der Waals surface area contributed by atoms with Crippen LogP contribution in [-0.4, -0.2) is 25.4 Å². The van der Waals surface area contributed by atoms with Gasteiger partial charge in [-0.15, -0.1) is 0 Å². The van der Waals surface area contributed by atoms with E-state index in [4.69, 9.17) is 0 Å². The smallest absolute Gasteiger partial charge is 0.264 e. The monoisotopic (exact) mass is 282 g/mol. The molecule has 2 rings (SSSR count). The number of nitrogens with one attached hydrogen (secondary N) is 2. The molecule has 0 aliphatic heterocycles. The van der Waals surface area contributed by atoms with E-state index < -0.39 is 15.8 Å². The van der Waals surface area contributed by atoms with Crippen molar-refractivity contribution in [2.24, 2.45) is 0 Å². The number of nitrogens with zero attached hydrogens (tertiary/aromatic N) is 2. The summed E-state index contributed by atoms with van der Waals surface area (Å²) in [6.45, 7) is 0. The van der Waals surface area contributed by atoms with Gasteiger partial charge in [-0.3, -0.25) is 4.72 Å². The van der Waals surface area contributed by atoms with E-state index in [9.17, 15) is 12.8 Å². The van der Waals surface area contributed by atoms with Crippen molar-refractivity contribution in [1.29, 1.82) is 0 Å². The zero-order valence-corrected chi connectivity index (χ0v) is 10.8. The van der Waals surface area contributed by atoms with Crippen LogP contribution in [0.1, 0.15) is 0 Å². The highest BCUT2D eigenvalue weighted by molar-refractivity contribution is 7.92. The number of aromatic nitrogens is 2. The van der Waals surface area contributed by atoms with E-state index in [1.807, 2.05) is 0 Å². The van der Waals surface area contributed by atoms with Gasteiger partial charge in [0, 0.05) is 12.7 Å². The van der Waals surface area contributed by atoms with Crippen molar-refractivity contribution >= 4 is 21.7 Å². The minimum absolute atomic E-state index is 0.0733. The molecule has 0 aliphatic rings. The van der Waals surface area contributed by atoms with Crippen LogP contribution in [0.4, 0.5) is 16.0 Å². The van der Waals surface area contributed by atoms with Crippen molar-refractivity contribution in [3.05, 3.63) is 42.5 Å². The van der Waals surface area contributed by atoms with E-state index in [0.29, 0.717) is 5.95 Å². The Morgan fingerprint density at radius 2 is 1.68 bits per heavy atom. The molecule has 8 heteroatoms. The summed E-state index contributed by atoms with van der Waals surface area (Å²) < 4.78 is 39.0. The predicted molar refractivity (Wildman–Crippen MR) is 68.8 cm³/mol. The van der Waals surface area contributed by atoms with Gasteiger partial charge in [-0.1, -0.05) is 0 Å². The summed E-state index contributed by atoms with van der Waals surface area (Å²) in [4.78, 5) is 7.56. The van der Waals surface area contributed by atoms with Crippen LogP contribution in [-0.2, 0) is 10.0 Å². The molecule has 2 aromatic rings. The van der Waals surface area contributed by atoms with Gasteiger partial charge in [-0.05, 0) is 24.3 Å². The van der Waals surface area contributed by atoms with Gasteiger partial charge in [0.1, 0.15) is 10.7 Å². The molecule has 19 heavy (non-hydrogen) atoms. The van der Waals surface area contributed by atoms with E-state index >= 15 is 0 Å². The van der Waals surface area contributed by atoms with Gasteiger partial charge in [0.25, 0.3) is 10.0 Å². The molecule has 0 atom stereocenters. The highest BCUT2D eigenvalue weighted by atomic mass is 32.2. The second-order valence-corrected chi connectivity index (χ2v) is 5.29. The Morgan fingerprint density at radius 1 is 1.11 bits per heavy atom. The van der Waals surface area contributed by atoms with E-state index in [1.165, 1.54) is 36.7 Å². The summed E-state index contributed by atoms with van der Waals surface area (Å²) in [6, 6.07) is 4.99. The van der Waals surface area contributed by atoms with Crippen LogP contribution < -0.4 is 10.0 Å². The van der Waals surface area contributed by atoms with Crippen molar-refractivity contribution in [2.45, 2.75) is 4.90 Å². The first-order valence-corrected chi connectivity index (χ1v) is 6.78. The van der Waals surface area contributed by atoms with Crippen LogP contribution in [0.15, 0.2) is 41.6 Å². The van der Waals surface area contributed by atoms with Gasteiger partial charge < -0.3 is 5.32 Å². The maximum Gasteiger partial charge on any atom is 0.264 e. The van der Waals surface area contributed by atoms with Gasteiger partial charge in [0.15, 0.2) is 0 Å². The minimum Gasteiger partial charge on any atom is -0.357 e. The van der Waals surface area contributed by atoms with Gasteiger partial charge in [0.2, 0.25) is 5.95 Å². The molecule has 6 nitrogen and oxygen atoms in total. The molecule has 0 aliphatic carbocycles. The average Bonchev–Trinajstić information content (AvgIpc) is 2.41. The molecular formula is C11H11FN4O2S. The van der Waals surface area contributed by atoms with Crippen LogP contribution in [0.25, 0.3) is 0 Å². The van der Waals surface area contributed by atoms with Crippen LogP contribution in [0.3, 0.4) is 0 Å². The summed E-state index contributed by atoms with van der Waals surface area (Å²) >= 11 is 0. The summed E-state index contributed by atoms with van der Waals surface area (Å²) in [5, 5.41) is 2.68. The number of hydrogen-bond acceptors (Lipinski definition) is 5. The number of benzene rings is 1. The van der Waals surface area contributed by atoms with Crippen LogP contribution >= 0.6 is 0 Å². The third-order valence-corrected chi connectivity index (χ3v) is 3.59. The summed E-state index contributed by atoms with van der Waals surface area (Å²) in [7, 11) is -2.15. The van der Waals surface area contributed by atoms with Gasteiger partial charge in [0.05, 0.1) is 12.4 Å². The van der Waals surface area contributed by atoms with Crippen molar-refractivity contribution < 1.29 is 12.8 Å². The zero-order chi connectivity index (χ0) is 13.9. The number of halogens is 1. The molecule has 0 fully saturated rings. The second-order valence-electron chi connectivity index (χ2n) is 3.60. The van der Waals surface area contributed by atoms with Gasteiger partial charge in [-0.25, -0.2) is 22.8 Å². The maximum absolute atomic E-state index is 12.7. The van der Waals surface area contributed by atoms with E-state index in [0.717, 1.165) is 0 Å². The average molecular weight is 282 g/mol. The lowest BCUT2D eigenvalue weighted by molar-refractivity contribution is 0.600. The fourth-order valence-electron chi connectivity index (χ4n) is 1.32. The lowest BCUT2D eigenvalue weighted by Crippen LogP contribution is -2.14. The normalized spacial score (nSPS) is 11.1. The summed E-state index contributed by atoms with van der Waals surface area (Å²) in [6.07, 6.45) is 2.37. The number of sulfonamides is 1. The highest BCUT2D eigenvalue weighted by Gasteiger charge is 2.15. The van der Waals surface area contributed by atoms with Crippen molar-refractivity contribution in [3.8, 4) is 0 Å². The van der Waals surface area contributed by atoms with Gasteiger partial charge in [-0.2, -0.15) is 0 Å². The molecule has 2 N–H and O–H groups in total. The molecule has 0 saturated heterocycles. The lowest BCUT2D eigenvalue weighted by Gasteiger charge is -2.07. The molecule has 0 unspecified atom stereocenters. The Kier molecular flexibility index (Phi) is 3.61. The first-order valence-electron chi connectivity index (χ1n) is 5.29. The molecule has 0 bridgehead atoms. The minimum atomic E-state index is -3.78. The van der Waals surface area contributed by atoms with E-state index in [-0.39, 0.29) is 10.6 Å². The van der Waals surface area contributed by atoms with Crippen LogP contribution in [0.5, 0.6) is 0 Å². The Bertz CT molecular complexity index is 656. The maximum atomic E-state index is 12.7. The lowest BCUT2D eigenvalue weighted by atomic mass is 10.3. The highest BCUT2D eigenvalue weighted by Crippen LogP contribution is 2.15. The molecule has 0 spiro atoms. The second kappa shape index (κ2) is 5.19. The molecule has 0 amide bonds. The number of anilines is 2. The molecule has 0 saturated carbocycles. The molecule has 100 valence electrons. The van der Waals surface area contributed by atoms with Crippen molar-refractivity contribution in [1.82, 2.24) is 9.97 Å². The van der Waals surface area contributed by atoms with Crippen molar-refractivity contribution in [2.75, 3.05) is 17.1 Å². The van der Waals surface area contributed by atoms with Crippen LogP contribution in [0, 0.1) is 5.82 Å². The Balaban J connectivity index is 2.24. The Morgan fingerprint density at radius 3 is 2.21 bits per heavy atom. The predicted octanol–water partition coefficient (Wildman–Crippen LogP) is 1.46. The molecule has 0 radical (unpaired) electrons. The SMILES string of the molecule is CNc1ncc(S(=O)(=O)Nc2ccc(F)cc2)cn1. The van der Waals surface area contributed by atoms with E-state index in [2.05, 4.69) is 20.0 Å². The fourth-order valence-corrected chi connectivity index (χ4v) is 2.26. The Labute approximate surface area is 109 Å². The number of rotatable bonds is 4. The van der Waals surface area contributed by atoms with Crippen LogP contribution in [0.2, 0.25) is 0 Å². The topological polar surface area (TPSA) is 84.0 Å². The standard InChI is InChI=1S/C11H11FN4O2S/c1-13-11-14-6-10(7-15-11)19(17,18)16-9-4-2-8(12)3-5-9/h2-7,16H,1H3,(H,13,14,15). The third kappa shape index (κ3) is 3.16. The van der Waals surface area contributed by atoms with Gasteiger partial charge >= 0.3 is 0 Å². The third-order valence-electron chi connectivity index (χ3n) is 2.26. The zero-order valence-electron chi connectivity index (χ0n) is 9.96. The molecule has 1 aromatic carbocycles. The molecule has 1 heterocycles. The quantitative estimate of drug-likeness (QED) is 0.887. The Hall–Kier alpha value is -2.22. The summed E-state index contributed by atoms with van der Waals surface area (Å²) in [5.41, 5.74) is 0.263. The molecular weight excluding hydrogens is 271 g/mol. The first-order chi connectivity index (χ1) is 9.01. The number of hydrogen-bond donors (Lipinski definition) is 2.